The Balaban J connectivity index is 4.01. The maximum atomic E-state index is 9.05. The van der Waals surface area contributed by atoms with Gasteiger partial charge in [0.2, 0.25) is 0 Å². The van der Waals surface area contributed by atoms with Crippen molar-refractivity contribution in [1.82, 2.24) is 0 Å². The van der Waals surface area contributed by atoms with Gasteiger partial charge in [0, 0.05) is 0 Å². The van der Waals surface area contributed by atoms with E-state index in [2.05, 4.69) is 6.58 Å². The first kappa shape index (κ1) is 12.6. The molecule has 4 heteroatoms. The summed E-state index contributed by atoms with van der Waals surface area (Å²) >= 11 is 0. The van der Waals surface area contributed by atoms with Crippen molar-refractivity contribution in [3.8, 4) is 0 Å². The van der Waals surface area contributed by atoms with Crippen molar-refractivity contribution in [1.29, 1.82) is 0 Å². The second kappa shape index (κ2) is 6.10. The van der Waals surface area contributed by atoms with Gasteiger partial charge in [0.1, 0.15) is 0 Å². The van der Waals surface area contributed by atoms with Crippen LogP contribution < -0.4 is 0 Å². The standard InChI is InChI=1S/C9H18O4/c1-4-6-12-9(3,5-2)13-8(11)7-10/h4,8,10-11H,1,5-7H2,2-3H3. The van der Waals surface area contributed by atoms with Crippen molar-refractivity contribution in [2.45, 2.75) is 32.3 Å². The van der Waals surface area contributed by atoms with Crippen molar-refractivity contribution >= 4 is 0 Å². The minimum atomic E-state index is -1.20. The molecule has 78 valence electrons. The van der Waals surface area contributed by atoms with Crippen molar-refractivity contribution in [3.05, 3.63) is 12.7 Å². The maximum absolute atomic E-state index is 9.05. The third-order valence-corrected chi connectivity index (χ3v) is 1.69. The molecule has 0 spiro atoms. The van der Waals surface area contributed by atoms with Crippen LogP contribution in [0, 0.1) is 0 Å². The first-order chi connectivity index (χ1) is 6.08. The fourth-order valence-electron chi connectivity index (χ4n) is 0.780. The summed E-state index contributed by atoms with van der Waals surface area (Å²) in [6.07, 6.45) is 0.982. The molecule has 0 aliphatic heterocycles. The summed E-state index contributed by atoms with van der Waals surface area (Å²) in [5.41, 5.74) is 0. The molecular weight excluding hydrogens is 172 g/mol. The molecule has 0 radical (unpaired) electrons. The van der Waals surface area contributed by atoms with Crippen LogP contribution in [0.2, 0.25) is 0 Å². The largest absolute Gasteiger partial charge is 0.391 e. The molecule has 2 N–H and O–H groups in total. The van der Waals surface area contributed by atoms with Crippen molar-refractivity contribution in [3.63, 3.8) is 0 Å². The molecule has 0 bridgehead atoms. The average Bonchev–Trinajstić information content (AvgIpc) is 2.14. The van der Waals surface area contributed by atoms with Crippen molar-refractivity contribution < 1.29 is 19.7 Å². The van der Waals surface area contributed by atoms with Crippen LogP contribution in [0.5, 0.6) is 0 Å². The van der Waals surface area contributed by atoms with E-state index in [1.165, 1.54) is 0 Å². The third-order valence-electron chi connectivity index (χ3n) is 1.69. The van der Waals surface area contributed by atoms with Gasteiger partial charge in [-0.05, 0) is 13.3 Å². The van der Waals surface area contributed by atoms with Gasteiger partial charge in [-0.1, -0.05) is 13.0 Å². The number of rotatable bonds is 7. The Hall–Kier alpha value is -0.420. The predicted molar refractivity (Wildman–Crippen MR) is 49.0 cm³/mol. The molecule has 0 heterocycles. The SMILES string of the molecule is C=CCOC(C)(CC)OC(O)CO. The molecule has 0 aromatic heterocycles. The highest BCUT2D eigenvalue weighted by atomic mass is 16.7. The van der Waals surface area contributed by atoms with Gasteiger partial charge < -0.3 is 19.7 Å². The zero-order chi connectivity index (χ0) is 10.3. The van der Waals surface area contributed by atoms with E-state index in [1.54, 1.807) is 13.0 Å². The van der Waals surface area contributed by atoms with Gasteiger partial charge in [0.05, 0.1) is 13.2 Å². The molecule has 0 aliphatic rings. The van der Waals surface area contributed by atoms with E-state index in [1.807, 2.05) is 6.92 Å². The summed E-state index contributed by atoms with van der Waals surface area (Å²) in [6, 6.07) is 0. The van der Waals surface area contributed by atoms with Crippen LogP contribution in [0.25, 0.3) is 0 Å². The lowest BCUT2D eigenvalue weighted by Gasteiger charge is -2.30. The van der Waals surface area contributed by atoms with Gasteiger partial charge in [0.15, 0.2) is 12.1 Å². The van der Waals surface area contributed by atoms with E-state index >= 15 is 0 Å². The lowest BCUT2D eigenvalue weighted by atomic mass is 10.2. The van der Waals surface area contributed by atoms with Crippen molar-refractivity contribution in [2.75, 3.05) is 13.2 Å². The molecule has 0 fully saturated rings. The van der Waals surface area contributed by atoms with E-state index in [4.69, 9.17) is 19.7 Å². The number of hydrogen-bond acceptors (Lipinski definition) is 4. The highest BCUT2D eigenvalue weighted by Gasteiger charge is 2.26. The van der Waals surface area contributed by atoms with Gasteiger partial charge in [-0.25, -0.2) is 0 Å². The van der Waals surface area contributed by atoms with Crippen LogP contribution in [-0.2, 0) is 9.47 Å². The van der Waals surface area contributed by atoms with E-state index in [0.29, 0.717) is 13.0 Å². The van der Waals surface area contributed by atoms with Crippen LogP contribution in [0.1, 0.15) is 20.3 Å². The van der Waals surface area contributed by atoms with E-state index in [0.717, 1.165) is 0 Å². The second-order valence-electron chi connectivity index (χ2n) is 2.84. The number of hydrogen-bond donors (Lipinski definition) is 2. The summed E-state index contributed by atoms with van der Waals surface area (Å²) in [5.74, 6) is -0.865. The van der Waals surface area contributed by atoms with Crippen LogP contribution in [-0.4, -0.2) is 35.5 Å². The maximum Gasteiger partial charge on any atom is 0.181 e. The molecule has 0 aliphatic carbocycles. The second-order valence-corrected chi connectivity index (χ2v) is 2.84. The highest BCUT2D eigenvalue weighted by molar-refractivity contribution is 4.69. The summed E-state index contributed by atoms with van der Waals surface area (Å²) in [7, 11) is 0. The smallest absolute Gasteiger partial charge is 0.181 e. The molecule has 0 aromatic rings. The minimum absolute atomic E-state index is 0.350. The molecule has 0 aromatic carbocycles. The lowest BCUT2D eigenvalue weighted by Crippen LogP contribution is -2.37. The quantitative estimate of drug-likeness (QED) is 0.457. The first-order valence-corrected chi connectivity index (χ1v) is 4.29. The Morgan fingerprint density at radius 2 is 2.23 bits per heavy atom. The Labute approximate surface area is 78.8 Å². The van der Waals surface area contributed by atoms with Gasteiger partial charge in [-0.3, -0.25) is 0 Å². The summed E-state index contributed by atoms with van der Waals surface area (Å²) in [4.78, 5) is 0. The van der Waals surface area contributed by atoms with Gasteiger partial charge in [0.25, 0.3) is 0 Å². The van der Waals surface area contributed by atoms with E-state index in [-0.39, 0.29) is 0 Å². The molecule has 0 rings (SSSR count). The molecule has 13 heavy (non-hydrogen) atoms. The van der Waals surface area contributed by atoms with E-state index < -0.39 is 18.7 Å². The molecule has 0 amide bonds. The van der Waals surface area contributed by atoms with Gasteiger partial charge >= 0.3 is 0 Å². The summed E-state index contributed by atoms with van der Waals surface area (Å²) in [5, 5.41) is 17.6. The van der Waals surface area contributed by atoms with Crippen LogP contribution in [0.15, 0.2) is 12.7 Å². The van der Waals surface area contributed by atoms with Crippen molar-refractivity contribution in [2.24, 2.45) is 0 Å². The van der Waals surface area contributed by atoms with Crippen LogP contribution in [0.4, 0.5) is 0 Å². The Morgan fingerprint density at radius 1 is 1.62 bits per heavy atom. The van der Waals surface area contributed by atoms with Gasteiger partial charge in [-0.2, -0.15) is 0 Å². The Morgan fingerprint density at radius 3 is 2.62 bits per heavy atom. The zero-order valence-electron chi connectivity index (χ0n) is 8.19. The lowest BCUT2D eigenvalue weighted by molar-refractivity contribution is -0.294. The number of aliphatic hydroxyl groups is 2. The monoisotopic (exact) mass is 190 g/mol. The first-order valence-electron chi connectivity index (χ1n) is 4.29. The van der Waals surface area contributed by atoms with E-state index in [9.17, 15) is 0 Å². The Bertz CT molecular complexity index is 149. The minimum Gasteiger partial charge on any atom is -0.391 e. The molecular formula is C9H18O4. The zero-order valence-corrected chi connectivity index (χ0v) is 8.19. The fourth-order valence-corrected chi connectivity index (χ4v) is 0.780. The summed E-state index contributed by atoms with van der Waals surface area (Å²) < 4.78 is 10.4. The number of aliphatic hydroxyl groups excluding tert-OH is 2. The van der Waals surface area contributed by atoms with Gasteiger partial charge in [-0.15, -0.1) is 6.58 Å². The highest BCUT2D eigenvalue weighted by Crippen LogP contribution is 2.18. The molecule has 2 unspecified atom stereocenters. The predicted octanol–water partition coefficient (Wildman–Crippen LogP) is 0.642. The van der Waals surface area contributed by atoms with Crippen LogP contribution in [0.3, 0.4) is 0 Å². The molecule has 4 nitrogen and oxygen atoms in total. The molecule has 0 saturated carbocycles. The topological polar surface area (TPSA) is 58.9 Å². The molecule has 0 saturated heterocycles. The van der Waals surface area contributed by atoms with Crippen LogP contribution >= 0.6 is 0 Å². The summed E-state index contributed by atoms with van der Waals surface area (Å²) in [6.45, 7) is 6.99. The average molecular weight is 190 g/mol. The Kier molecular flexibility index (Phi) is 5.90. The third kappa shape index (κ3) is 5.00. The normalized spacial score (nSPS) is 17.8. The number of ether oxygens (including phenoxy) is 2. The molecule has 2 atom stereocenters. The fraction of sp³-hybridized carbons (Fsp3) is 0.778.